The quantitative estimate of drug-likeness (QED) is 0.782. The number of nitrogens with one attached hydrogen (secondary N) is 1. The van der Waals surface area contributed by atoms with E-state index in [4.69, 9.17) is 10.5 Å². The minimum Gasteiger partial charge on any atom is -0.399 e. The Kier molecular flexibility index (Phi) is 4.80. The zero-order valence-corrected chi connectivity index (χ0v) is 12.4. The Labute approximate surface area is 124 Å². The topological polar surface area (TPSA) is 84.7 Å². The van der Waals surface area contributed by atoms with Crippen LogP contribution in [0.15, 0.2) is 18.2 Å². The number of methoxy groups -OCH3 is 1. The molecular weight excluding hydrogens is 270 g/mol. The molecule has 1 unspecified atom stereocenters. The van der Waals surface area contributed by atoms with E-state index in [2.05, 4.69) is 5.32 Å². The summed E-state index contributed by atoms with van der Waals surface area (Å²) in [5.74, 6) is -0.237. The predicted octanol–water partition coefficient (Wildman–Crippen LogP) is 0.699. The van der Waals surface area contributed by atoms with Crippen LogP contribution < -0.4 is 16.0 Å². The van der Waals surface area contributed by atoms with E-state index in [1.54, 1.807) is 19.2 Å². The minimum absolute atomic E-state index is 0.0177. The lowest BCUT2D eigenvalue weighted by molar-refractivity contribution is -0.124. The summed E-state index contributed by atoms with van der Waals surface area (Å²) in [5, 5.41) is 2.81. The van der Waals surface area contributed by atoms with Gasteiger partial charge in [0.2, 0.25) is 11.8 Å². The Bertz CT molecular complexity index is 545. The van der Waals surface area contributed by atoms with Crippen LogP contribution >= 0.6 is 0 Å². The standard InChI is InChI=1S/C15H21N3O3/c1-10(9-21-2)17-14(19)8-18-13-5-4-12(16)7-11(13)3-6-15(18)20/h4-5,7,10H,3,6,8-9,16H2,1-2H3,(H,17,19). The minimum atomic E-state index is -0.197. The van der Waals surface area contributed by atoms with Crippen molar-refractivity contribution in [1.82, 2.24) is 5.32 Å². The zero-order valence-electron chi connectivity index (χ0n) is 12.4. The lowest BCUT2D eigenvalue weighted by atomic mass is 10.0. The molecule has 1 atom stereocenters. The third-order valence-electron chi connectivity index (χ3n) is 3.43. The van der Waals surface area contributed by atoms with E-state index in [-0.39, 0.29) is 24.4 Å². The molecule has 21 heavy (non-hydrogen) atoms. The summed E-state index contributed by atoms with van der Waals surface area (Å²) in [5.41, 5.74) is 8.21. The number of carbonyl (C=O) groups excluding carboxylic acids is 2. The first kappa shape index (κ1) is 15.3. The number of anilines is 2. The van der Waals surface area contributed by atoms with Gasteiger partial charge in [0.15, 0.2) is 0 Å². The van der Waals surface area contributed by atoms with Crippen molar-refractivity contribution in [3.63, 3.8) is 0 Å². The van der Waals surface area contributed by atoms with Crippen LogP contribution in [0.2, 0.25) is 0 Å². The number of carbonyl (C=O) groups is 2. The smallest absolute Gasteiger partial charge is 0.240 e. The van der Waals surface area contributed by atoms with Crippen molar-refractivity contribution < 1.29 is 14.3 Å². The third kappa shape index (κ3) is 3.72. The first-order chi connectivity index (χ1) is 10.0. The number of amides is 2. The van der Waals surface area contributed by atoms with Gasteiger partial charge >= 0.3 is 0 Å². The molecule has 1 heterocycles. The number of fused-ring (bicyclic) bond motifs is 1. The Morgan fingerprint density at radius 3 is 2.95 bits per heavy atom. The van der Waals surface area contributed by atoms with Crippen LogP contribution in [0.1, 0.15) is 18.9 Å². The highest BCUT2D eigenvalue weighted by Gasteiger charge is 2.26. The normalized spacial score (nSPS) is 15.5. The molecule has 6 nitrogen and oxygen atoms in total. The van der Waals surface area contributed by atoms with E-state index in [0.717, 1.165) is 11.3 Å². The second kappa shape index (κ2) is 6.58. The summed E-state index contributed by atoms with van der Waals surface area (Å²) >= 11 is 0. The van der Waals surface area contributed by atoms with Crippen LogP contribution in [0.5, 0.6) is 0 Å². The van der Waals surface area contributed by atoms with Gasteiger partial charge in [0, 0.05) is 30.9 Å². The average molecular weight is 291 g/mol. The van der Waals surface area contributed by atoms with Gasteiger partial charge in [0.05, 0.1) is 6.61 Å². The predicted molar refractivity (Wildman–Crippen MR) is 81.0 cm³/mol. The highest BCUT2D eigenvalue weighted by Crippen LogP contribution is 2.29. The molecule has 3 N–H and O–H groups in total. The second-order valence-electron chi connectivity index (χ2n) is 5.29. The Morgan fingerprint density at radius 1 is 1.48 bits per heavy atom. The van der Waals surface area contributed by atoms with Gasteiger partial charge in [-0.2, -0.15) is 0 Å². The van der Waals surface area contributed by atoms with Gasteiger partial charge in [-0.05, 0) is 37.1 Å². The van der Waals surface area contributed by atoms with Gasteiger partial charge in [-0.15, -0.1) is 0 Å². The maximum absolute atomic E-state index is 12.1. The number of nitrogens with zero attached hydrogens (tertiary/aromatic N) is 1. The molecule has 1 aliphatic heterocycles. The molecule has 0 aliphatic carbocycles. The fourth-order valence-corrected chi connectivity index (χ4v) is 2.51. The number of ether oxygens (including phenoxy) is 1. The number of aryl methyl sites for hydroxylation is 1. The molecule has 6 heteroatoms. The maximum atomic E-state index is 12.1. The summed E-state index contributed by atoms with van der Waals surface area (Å²) in [7, 11) is 1.58. The number of hydrogen-bond donors (Lipinski definition) is 2. The van der Waals surface area contributed by atoms with Crippen LogP contribution in [0.25, 0.3) is 0 Å². The molecular formula is C15H21N3O3. The van der Waals surface area contributed by atoms with Crippen molar-refractivity contribution in [2.75, 3.05) is 30.9 Å². The first-order valence-corrected chi connectivity index (χ1v) is 6.98. The number of nitrogen functional groups attached to an aromatic ring is 1. The van der Waals surface area contributed by atoms with Gasteiger partial charge in [-0.3, -0.25) is 9.59 Å². The first-order valence-electron chi connectivity index (χ1n) is 6.98. The summed E-state index contributed by atoms with van der Waals surface area (Å²) in [6.07, 6.45) is 1.06. The van der Waals surface area contributed by atoms with Crippen LogP contribution in [-0.4, -0.2) is 38.1 Å². The van der Waals surface area contributed by atoms with E-state index in [1.165, 1.54) is 4.90 Å². The van der Waals surface area contributed by atoms with Crippen LogP contribution in [0.3, 0.4) is 0 Å². The molecule has 0 bridgehead atoms. The molecule has 1 aromatic rings. The van der Waals surface area contributed by atoms with E-state index in [0.29, 0.717) is 25.1 Å². The van der Waals surface area contributed by atoms with Crippen LogP contribution in [0.4, 0.5) is 11.4 Å². The fourth-order valence-electron chi connectivity index (χ4n) is 2.51. The lowest BCUT2D eigenvalue weighted by Crippen LogP contribution is -2.46. The third-order valence-corrected chi connectivity index (χ3v) is 3.43. The van der Waals surface area contributed by atoms with Gasteiger partial charge in [-0.1, -0.05) is 0 Å². The molecule has 0 saturated heterocycles. The van der Waals surface area contributed by atoms with E-state index < -0.39 is 0 Å². The summed E-state index contributed by atoms with van der Waals surface area (Å²) in [6, 6.07) is 5.32. The van der Waals surface area contributed by atoms with E-state index >= 15 is 0 Å². The number of benzene rings is 1. The van der Waals surface area contributed by atoms with E-state index in [1.807, 2.05) is 13.0 Å². The molecule has 2 rings (SSSR count). The summed E-state index contributed by atoms with van der Waals surface area (Å²) in [6.45, 7) is 2.31. The van der Waals surface area contributed by atoms with Crippen LogP contribution in [-0.2, 0) is 20.7 Å². The number of rotatable bonds is 5. The number of nitrogens with two attached hydrogens (primary N) is 1. The Hall–Kier alpha value is -2.08. The summed E-state index contributed by atoms with van der Waals surface area (Å²) < 4.78 is 4.98. The molecule has 2 amide bonds. The fraction of sp³-hybridized carbons (Fsp3) is 0.467. The molecule has 0 fully saturated rings. The van der Waals surface area contributed by atoms with Crippen molar-refractivity contribution in [3.05, 3.63) is 23.8 Å². The second-order valence-corrected chi connectivity index (χ2v) is 5.29. The number of hydrogen-bond acceptors (Lipinski definition) is 4. The zero-order chi connectivity index (χ0) is 15.4. The highest BCUT2D eigenvalue weighted by atomic mass is 16.5. The molecule has 1 aliphatic rings. The molecule has 1 aromatic carbocycles. The largest absolute Gasteiger partial charge is 0.399 e. The molecule has 0 aromatic heterocycles. The van der Waals surface area contributed by atoms with Gasteiger partial charge in [0.25, 0.3) is 0 Å². The van der Waals surface area contributed by atoms with E-state index in [9.17, 15) is 9.59 Å². The van der Waals surface area contributed by atoms with Crippen molar-refractivity contribution in [2.45, 2.75) is 25.8 Å². The van der Waals surface area contributed by atoms with Crippen molar-refractivity contribution in [3.8, 4) is 0 Å². The van der Waals surface area contributed by atoms with Gasteiger partial charge < -0.3 is 20.7 Å². The lowest BCUT2D eigenvalue weighted by Gasteiger charge is -2.29. The highest BCUT2D eigenvalue weighted by molar-refractivity contribution is 6.01. The van der Waals surface area contributed by atoms with Gasteiger partial charge in [0.1, 0.15) is 6.54 Å². The maximum Gasteiger partial charge on any atom is 0.240 e. The molecule has 114 valence electrons. The Balaban J connectivity index is 2.09. The van der Waals surface area contributed by atoms with Crippen molar-refractivity contribution in [2.24, 2.45) is 0 Å². The van der Waals surface area contributed by atoms with Crippen molar-refractivity contribution in [1.29, 1.82) is 0 Å². The van der Waals surface area contributed by atoms with Crippen LogP contribution in [0, 0.1) is 0 Å². The molecule has 0 saturated carbocycles. The monoisotopic (exact) mass is 291 g/mol. The summed E-state index contributed by atoms with van der Waals surface area (Å²) in [4.78, 5) is 25.6. The average Bonchev–Trinajstić information content (AvgIpc) is 2.42. The molecule has 0 spiro atoms. The van der Waals surface area contributed by atoms with Crippen molar-refractivity contribution >= 4 is 23.2 Å². The SMILES string of the molecule is COCC(C)NC(=O)CN1C(=O)CCc2cc(N)ccc21. The Morgan fingerprint density at radius 2 is 2.24 bits per heavy atom. The molecule has 0 radical (unpaired) electrons. The van der Waals surface area contributed by atoms with Gasteiger partial charge in [-0.25, -0.2) is 0 Å².